The van der Waals surface area contributed by atoms with E-state index in [9.17, 15) is 5.26 Å². The molecule has 3 N–H and O–H groups in total. The number of anilines is 3. The number of methoxy groups -OCH3 is 1. The second-order valence-corrected chi connectivity index (χ2v) is 5.77. The fourth-order valence-electron chi connectivity index (χ4n) is 2.40. The summed E-state index contributed by atoms with van der Waals surface area (Å²) in [4.78, 5) is 4.32. The van der Waals surface area contributed by atoms with Crippen LogP contribution in [0, 0.1) is 11.3 Å². The molecule has 0 unspecified atom stereocenters. The van der Waals surface area contributed by atoms with Crippen molar-refractivity contribution < 1.29 is 4.74 Å². The van der Waals surface area contributed by atoms with E-state index >= 15 is 0 Å². The van der Waals surface area contributed by atoms with Gasteiger partial charge in [0.2, 0.25) is 0 Å². The lowest BCUT2D eigenvalue weighted by Gasteiger charge is -2.14. The Morgan fingerprint density at radius 1 is 1.26 bits per heavy atom. The van der Waals surface area contributed by atoms with Crippen LogP contribution in [0.3, 0.4) is 0 Å². The Morgan fingerprint density at radius 3 is 2.74 bits per heavy atom. The Morgan fingerprint density at radius 2 is 2.04 bits per heavy atom. The molecule has 23 heavy (non-hydrogen) atoms. The molecular weight excluding hydrogens is 356 g/mol. The minimum atomic E-state index is 0.169. The van der Waals surface area contributed by atoms with Gasteiger partial charge in [-0.2, -0.15) is 5.26 Å². The van der Waals surface area contributed by atoms with Gasteiger partial charge in [0, 0.05) is 15.5 Å². The van der Waals surface area contributed by atoms with Crippen LogP contribution in [0.15, 0.2) is 46.9 Å². The van der Waals surface area contributed by atoms with E-state index in [4.69, 9.17) is 10.5 Å². The van der Waals surface area contributed by atoms with Crippen molar-refractivity contribution in [3.8, 4) is 11.8 Å². The first-order valence-electron chi connectivity index (χ1n) is 6.83. The van der Waals surface area contributed by atoms with Gasteiger partial charge in [0.05, 0.1) is 12.8 Å². The van der Waals surface area contributed by atoms with E-state index in [1.165, 1.54) is 0 Å². The minimum Gasteiger partial charge on any atom is -0.494 e. The number of nitrogens with zero attached hydrogens (tertiary/aromatic N) is 2. The average molecular weight is 369 g/mol. The van der Waals surface area contributed by atoms with E-state index < -0.39 is 0 Å². The van der Waals surface area contributed by atoms with Crippen molar-refractivity contribution in [2.24, 2.45) is 0 Å². The molecule has 0 bridgehead atoms. The summed E-state index contributed by atoms with van der Waals surface area (Å²) in [7, 11) is 1.58. The van der Waals surface area contributed by atoms with Crippen LogP contribution < -0.4 is 15.8 Å². The van der Waals surface area contributed by atoms with Crippen molar-refractivity contribution in [1.29, 1.82) is 5.26 Å². The Hall–Kier alpha value is -2.78. The maximum Gasteiger partial charge on any atom is 0.145 e. The molecule has 0 atom stereocenters. The zero-order chi connectivity index (χ0) is 16.4. The Bertz CT molecular complexity index is 934. The van der Waals surface area contributed by atoms with Crippen molar-refractivity contribution >= 4 is 44.0 Å². The number of benzene rings is 2. The number of fused-ring (bicyclic) bond motifs is 1. The maximum atomic E-state index is 9.47. The molecule has 0 saturated heterocycles. The van der Waals surface area contributed by atoms with Crippen LogP contribution in [0.1, 0.15) is 5.56 Å². The first-order valence-corrected chi connectivity index (χ1v) is 7.62. The first kappa shape index (κ1) is 15.1. The molecule has 0 aliphatic rings. The monoisotopic (exact) mass is 368 g/mol. The highest BCUT2D eigenvalue weighted by atomic mass is 79.9. The summed E-state index contributed by atoms with van der Waals surface area (Å²) in [5.74, 6) is 0.776. The molecule has 3 rings (SSSR count). The number of aromatic nitrogens is 1. The Balaban J connectivity index is 2.27. The van der Waals surface area contributed by atoms with Gasteiger partial charge in [0.1, 0.15) is 28.7 Å². The molecule has 0 saturated carbocycles. The lowest BCUT2D eigenvalue weighted by Crippen LogP contribution is -2.03. The number of rotatable bonds is 3. The van der Waals surface area contributed by atoms with Crippen molar-refractivity contribution in [2.75, 3.05) is 18.2 Å². The van der Waals surface area contributed by atoms with Gasteiger partial charge in [-0.1, -0.05) is 34.1 Å². The highest BCUT2D eigenvalue weighted by molar-refractivity contribution is 9.10. The van der Waals surface area contributed by atoms with E-state index in [-0.39, 0.29) is 5.82 Å². The molecule has 0 amide bonds. The van der Waals surface area contributed by atoms with Gasteiger partial charge in [0.15, 0.2) is 0 Å². The summed E-state index contributed by atoms with van der Waals surface area (Å²) in [6, 6.07) is 15.3. The molecule has 0 spiro atoms. The Kier molecular flexibility index (Phi) is 4.04. The molecule has 1 heterocycles. The molecule has 3 aromatic rings. The second-order valence-electron chi connectivity index (χ2n) is 4.85. The van der Waals surface area contributed by atoms with Crippen molar-refractivity contribution in [3.05, 3.63) is 52.5 Å². The number of nitrogens with two attached hydrogens (primary N) is 1. The molecule has 1 aromatic heterocycles. The van der Waals surface area contributed by atoms with Gasteiger partial charge in [0.25, 0.3) is 0 Å². The van der Waals surface area contributed by atoms with Gasteiger partial charge < -0.3 is 15.8 Å². The fourth-order valence-corrected chi connectivity index (χ4v) is 2.80. The van der Waals surface area contributed by atoms with E-state index in [1.54, 1.807) is 7.11 Å². The number of nitrogens with one attached hydrogen (secondary N) is 1. The molecule has 0 fully saturated rings. The quantitative estimate of drug-likeness (QED) is 0.723. The van der Waals surface area contributed by atoms with Crippen molar-refractivity contribution in [2.45, 2.75) is 0 Å². The van der Waals surface area contributed by atoms with Gasteiger partial charge >= 0.3 is 0 Å². The minimum absolute atomic E-state index is 0.169. The third-order valence-corrected chi connectivity index (χ3v) is 3.93. The van der Waals surface area contributed by atoms with Crippen LogP contribution >= 0.6 is 15.9 Å². The highest BCUT2D eigenvalue weighted by Crippen LogP contribution is 2.36. The smallest absolute Gasteiger partial charge is 0.145 e. The zero-order valence-electron chi connectivity index (χ0n) is 12.3. The summed E-state index contributed by atoms with van der Waals surface area (Å²) in [6.45, 7) is 0. The lowest BCUT2D eigenvalue weighted by molar-refractivity contribution is 0.419. The average Bonchev–Trinajstić information content (AvgIpc) is 2.54. The summed E-state index contributed by atoms with van der Waals surface area (Å²) >= 11 is 3.44. The van der Waals surface area contributed by atoms with Crippen LogP contribution in [0.5, 0.6) is 5.75 Å². The van der Waals surface area contributed by atoms with Crippen LogP contribution in [0.25, 0.3) is 10.9 Å². The van der Waals surface area contributed by atoms with Crippen LogP contribution in [0.4, 0.5) is 17.2 Å². The number of hydrogen-bond acceptors (Lipinski definition) is 5. The maximum absolute atomic E-state index is 9.47. The molecule has 0 radical (unpaired) electrons. The highest BCUT2D eigenvalue weighted by Gasteiger charge is 2.16. The number of para-hydroxylation sites is 1. The number of pyridine rings is 1. The SMILES string of the molecule is COc1cccc2c(Nc3cccc(Br)c3)c(C#N)c(N)nc12. The molecule has 6 heteroatoms. The number of nitrogen functional groups attached to an aromatic ring is 1. The first-order chi connectivity index (χ1) is 11.1. The molecule has 2 aromatic carbocycles. The van der Waals surface area contributed by atoms with Gasteiger partial charge in [-0.3, -0.25) is 0 Å². The number of ether oxygens (including phenoxy) is 1. The molecular formula is C17H13BrN4O. The Labute approximate surface area is 141 Å². The van der Waals surface area contributed by atoms with Gasteiger partial charge in [-0.25, -0.2) is 4.98 Å². The van der Waals surface area contributed by atoms with E-state index in [0.717, 1.165) is 15.5 Å². The van der Waals surface area contributed by atoms with E-state index in [0.29, 0.717) is 22.5 Å². The normalized spacial score (nSPS) is 10.3. The fraction of sp³-hybridized carbons (Fsp3) is 0.0588. The summed E-state index contributed by atoms with van der Waals surface area (Å²) in [5, 5.41) is 13.5. The molecule has 114 valence electrons. The van der Waals surface area contributed by atoms with Gasteiger partial charge in [-0.05, 0) is 24.3 Å². The zero-order valence-corrected chi connectivity index (χ0v) is 13.9. The van der Waals surface area contributed by atoms with E-state index in [2.05, 4.69) is 32.3 Å². The molecule has 0 aliphatic heterocycles. The number of nitriles is 1. The van der Waals surface area contributed by atoms with Crippen LogP contribution in [-0.2, 0) is 0 Å². The van der Waals surface area contributed by atoms with E-state index in [1.807, 2.05) is 42.5 Å². The summed E-state index contributed by atoms with van der Waals surface area (Å²) < 4.78 is 6.28. The second kappa shape index (κ2) is 6.15. The number of hydrogen-bond donors (Lipinski definition) is 2. The van der Waals surface area contributed by atoms with Crippen LogP contribution in [0.2, 0.25) is 0 Å². The van der Waals surface area contributed by atoms with Crippen molar-refractivity contribution in [3.63, 3.8) is 0 Å². The van der Waals surface area contributed by atoms with Crippen molar-refractivity contribution in [1.82, 2.24) is 4.98 Å². The third-order valence-electron chi connectivity index (χ3n) is 3.43. The molecule has 5 nitrogen and oxygen atoms in total. The lowest BCUT2D eigenvalue weighted by atomic mass is 10.1. The van der Waals surface area contributed by atoms with Crippen LogP contribution in [-0.4, -0.2) is 12.1 Å². The predicted molar refractivity (Wildman–Crippen MR) is 94.8 cm³/mol. The predicted octanol–water partition coefficient (Wildman–Crippen LogP) is 4.20. The summed E-state index contributed by atoms with van der Waals surface area (Å²) in [5.41, 5.74) is 8.35. The summed E-state index contributed by atoms with van der Waals surface area (Å²) in [6.07, 6.45) is 0. The topological polar surface area (TPSA) is 84.0 Å². The number of halogens is 1. The standard InChI is InChI=1S/C17H13BrN4O/c1-23-14-7-3-6-12-15(13(9-19)17(20)22-16(12)14)21-11-5-2-4-10(18)8-11/h2-8H,1H3,(H3,20,21,22). The third kappa shape index (κ3) is 2.79. The molecule has 0 aliphatic carbocycles. The largest absolute Gasteiger partial charge is 0.494 e. The van der Waals surface area contributed by atoms with Gasteiger partial charge in [-0.15, -0.1) is 0 Å².